The average Bonchev–Trinajstić information content (AvgIpc) is 2.93. The van der Waals surface area contributed by atoms with E-state index in [2.05, 4.69) is 34.0 Å². The van der Waals surface area contributed by atoms with Gasteiger partial charge >= 0.3 is 5.97 Å². The molecule has 2 rings (SSSR count). The van der Waals surface area contributed by atoms with Gasteiger partial charge in [-0.3, -0.25) is 4.98 Å². The van der Waals surface area contributed by atoms with Crippen LogP contribution in [-0.2, 0) is 6.54 Å². The highest BCUT2D eigenvalue weighted by Gasteiger charge is 2.20. The van der Waals surface area contributed by atoms with Crippen LogP contribution in [0.4, 0.5) is 0 Å². The molecular formula is C14H19N5O2. The molecule has 0 amide bonds. The summed E-state index contributed by atoms with van der Waals surface area (Å²) >= 11 is 0. The van der Waals surface area contributed by atoms with Crippen molar-refractivity contribution >= 4 is 5.97 Å². The van der Waals surface area contributed by atoms with Gasteiger partial charge in [0, 0.05) is 24.5 Å². The van der Waals surface area contributed by atoms with Crippen molar-refractivity contribution in [2.45, 2.75) is 20.4 Å². The Morgan fingerprint density at radius 3 is 2.52 bits per heavy atom. The second kappa shape index (κ2) is 6.94. The van der Waals surface area contributed by atoms with E-state index in [4.69, 9.17) is 0 Å². The van der Waals surface area contributed by atoms with E-state index >= 15 is 0 Å². The topological polar surface area (TPSA) is 84.1 Å². The molecule has 0 aliphatic carbocycles. The fourth-order valence-electron chi connectivity index (χ4n) is 2.19. The van der Waals surface area contributed by atoms with Crippen LogP contribution in [0.5, 0.6) is 0 Å². The largest absolute Gasteiger partial charge is 0.476 e. The third-order valence-electron chi connectivity index (χ3n) is 3.41. The lowest BCUT2D eigenvalue weighted by molar-refractivity contribution is 0.0691. The molecule has 0 saturated carbocycles. The van der Waals surface area contributed by atoms with Gasteiger partial charge in [0.2, 0.25) is 0 Å². The summed E-state index contributed by atoms with van der Waals surface area (Å²) < 4.78 is 1.65. The van der Waals surface area contributed by atoms with Gasteiger partial charge in [-0.2, -0.15) is 0 Å². The Labute approximate surface area is 123 Å². The van der Waals surface area contributed by atoms with E-state index in [1.807, 2.05) is 0 Å². The fourth-order valence-corrected chi connectivity index (χ4v) is 2.19. The maximum atomic E-state index is 11.3. The first kappa shape index (κ1) is 15.1. The van der Waals surface area contributed by atoms with Crippen molar-refractivity contribution < 1.29 is 9.90 Å². The summed E-state index contributed by atoms with van der Waals surface area (Å²) in [4.78, 5) is 17.5. The number of carboxylic acid groups (broad SMARTS) is 1. The number of likely N-dealkylation sites (N-methyl/N-ethyl adjacent to an activating group) is 1. The first-order chi connectivity index (χ1) is 10.2. The molecular weight excluding hydrogens is 270 g/mol. The summed E-state index contributed by atoms with van der Waals surface area (Å²) in [6, 6.07) is 3.53. The number of aromatic carboxylic acids is 1. The normalized spacial score (nSPS) is 11.0. The first-order valence-corrected chi connectivity index (χ1v) is 6.96. The summed E-state index contributed by atoms with van der Waals surface area (Å²) in [5.74, 6) is -1.07. The smallest absolute Gasteiger partial charge is 0.358 e. The number of carboxylic acids is 1. The molecule has 0 aliphatic rings. The lowest BCUT2D eigenvalue weighted by atomic mass is 10.1. The van der Waals surface area contributed by atoms with Crippen LogP contribution < -0.4 is 0 Å². The predicted octanol–water partition coefficient (Wildman–Crippen LogP) is 1.38. The molecule has 2 aromatic rings. The number of hydrogen-bond donors (Lipinski definition) is 1. The van der Waals surface area contributed by atoms with Crippen LogP contribution in [-0.4, -0.2) is 55.6 Å². The summed E-state index contributed by atoms with van der Waals surface area (Å²) in [6.45, 7) is 7.48. The maximum Gasteiger partial charge on any atom is 0.358 e. The highest BCUT2D eigenvalue weighted by Crippen LogP contribution is 2.21. The molecule has 2 heterocycles. The van der Waals surface area contributed by atoms with E-state index in [-0.39, 0.29) is 5.69 Å². The highest BCUT2D eigenvalue weighted by molar-refractivity contribution is 5.92. The number of rotatable bonds is 7. The summed E-state index contributed by atoms with van der Waals surface area (Å²) in [7, 11) is 0. The van der Waals surface area contributed by atoms with E-state index in [0.29, 0.717) is 12.2 Å². The zero-order chi connectivity index (χ0) is 15.2. The van der Waals surface area contributed by atoms with Crippen LogP contribution in [0.25, 0.3) is 11.3 Å². The van der Waals surface area contributed by atoms with Crippen LogP contribution in [0.1, 0.15) is 24.3 Å². The number of pyridine rings is 1. The van der Waals surface area contributed by atoms with Crippen LogP contribution in [0.3, 0.4) is 0 Å². The monoisotopic (exact) mass is 289 g/mol. The minimum atomic E-state index is -1.07. The molecule has 0 spiro atoms. The highest BCUT2D eigenvalue weighted by atomic mass is 16.4. The van der Waals surface area contributed by atoms with E-state index in [1.54, 1.807) is 29.2 Å². The van der Waals surface area contributed by atoms with Gasteiger partial charge < -0.3 is 10.0 Å². The van der Waals surface area contributed by atoms with Crippen molar-refractivity contribution in [1.29, 1.82) is 0 Å². The standard InChI is InChI=1S/C14H19N5O2/c1-3-18(4-2)9-10-19-13(11-5-7-15-8-6-11)12(14(20)21)16-17-19/h5-8H,3-4,9-10H2,1-2H3,(H,20,21). The molecule has 0 unspecified atom stereocenters. The summed E-state index contributed by atoms with van der Waals surface area (Å²) in [5, 5.41) is 17.1. The first-order valence-electron chi connectivity index (χ1n) is 6.96. The molecule has 0 fully saturated rings. The molecule has 0 atom stereocenters. The lowest BCUT2D eigenvalue weighted by Gasteiger charge is -2.18. The van der Waals surface area contributed by atoms with Gasteiger partial charge in [-0.15, -0.1) is 5.10 Å². The molecule has 0 aliphatic heterocycles. The Morgan fingerprint density at radius 1 is 1.29 bits per heavy atom. The van der Waals surface area contributed by atoms with Gasteiger partial charge in [0.1, 0.15) is 5.69 Å². The lowest BCUT2D eigenvalue weighted by Crippen LogP contribution is -2.27. The minimum absolute atomic E-state index is 0.0271. The molecule has 2 aromatic heterocycles. The molecule has 0 bridgehead atoms. The van der Waals surface area contributed by atoms with Gasteiger partial charge in [0.25, 0.3) is 0 Å². The van der Waals surface area contributed by atoms with Crippen molar-refractivity contribution in [3.63, 3.8) is 0 Å². The Morgan fingerprint density at radius 2 is 1.95 bits per heavy atom. The summed E-state index contributed by atoms with van der Waals surface area (Å²) in [5.41, 5.74) is 1.25. The van der Waals surface area contributed by atoms with Crippen LogP contribution >= 0.6 is 0 Å². The van der Waals surface area contributed by atoms with E-state index in [1.165, 1.54) is 0 Å². The molecule has 21 heavy (non-hydrogen) atoms. The molecule has 0 saturated heterocycles. The van der Waals surface area contributed by atoms with Gasteiger partial charge in [-0.1, -0.05) is 19.1 Å². The number of hydrogen-bond acceptors (Lipinski definition) is 5. The number of carbonyl (C=O) groups is 1. The van der Waals surface area contributed by atoms with Gasteiger partial charge in [-0.25, -0.2) is 9.48 Å². The zero-order valence-electron chi connectivity index (χ0n) is 12.2. The van der Waals surface area contributed by atoms with Gasteiger partial charge in [-0.05, 0) is 25.2 Å². The van der Waals surface area contributed by atoms with Crippen molar-refractivity contribution in [1.82, 2.24) is 24.9 Å². The number of aromatic nitrogens is 4. The fraction of sp³-hybridized carbons (Fsp3) is 0.429. The molecule has 0 radical (unpaired) electrons. The van der Waals surface area contributed by atoms with E-state index < -0.39 is 5.97 Å². The zero-order valence-corrected chi connectivity index (χ0v) is 12.2. The Balaban J connectivity index is 2.32. The third kappa shape index (κ3) is 3.43. The van der Waals surface area contributed by atoms with Crippen LogP contribution in [0.2, 0.25) is 0 Å². The number of nitrogens with zero attached hydrogens (tertiary/aromatic N) is 5. The Kier molecular flexibility index (Phi) is 4.99. The minimum Gasteiger partial charge on any atom is -0.476 e. The predicted molar refractivity (Wildman–Crippen MR) is 78.0 cm³/mol. The SMILES string of the molecule is CCN(CC)CCn1nnc(C(=O)O)c1-c1ccncc1. The quantitative estimate of drug-likeness (QED) is 0.829. The molecule has 7 heteroatoms. The maximum absolute atomic E-state index is 11.3. The Bertz CT molecular complexity index is 593. The van der Waals surface area contributed by atoms with E-state index in [0.717, 1.165) is 25.2 Å². The van der Waals surface area contributed by atoms with Crippen LogP contribution in [0.15, 0.2) is 24.5 Å². The second-order valence-corrected chi connectivity index (χ2v) is 4.58. The van der Waals surface area contributed by atoms with Gasteiger partial charge in [0.05, 0.1) is 6.54 Å². The molecule has 112 valence electrons. The molecule has 0 aromatic carbocycles. The van der Waals surface area contributed by atoms with Gasteiger partial charge in [0.15, 0.2) is 5.69 Å². The molecule has 1 N–H and O–H groups in total. The summed E-state index contributed by atoms with van der Waals surface area (Å²) in [6.07, 6.45) is 3.26. The second-order valence-electron chi connectivity index (χ2n) is 4.58. The van der Waals surface area contributed by atoms with Crippen molar-refractivity contribution in [3.8, 4) is 11.3 Å². The average molecular weight is 289 g/mol. The van der Waals surface area contributed by atoms with Crippen molar-refractivity contribution in [2.24, 2.45) is 0 Å². The third-order valence-corrected chi connectivity index (χ3v) is 3.41. The van der Waals surface area contributed by atoms with Crippen LogP contribution in [0, 0.1) is 0 Å². The van der Waals surface area contributed by atoms with Crippen molar-refractivity contribution in [3.05, 3.63) is 30.2 Å². The Hall–Kier alpha value is -2.28. The van der Waals surface area contributed by atoms with Crippen molar-refractivity contribution in [2.75, 3.05) is 19.6 Å². The molecule has 7 nitrogen and oxygen atoms in total. The van der Waals surface area contributed by atoms with E-state index in [9.17, 15) is 9.90 Å².